The first kappa shape index (κ1) is 28.8. The number of ether oxygens (including phenoxy) is 1. The molecule has 2 aromatic carbocycles. The second kappa shape index (κ2) is 13.1. The molecule has 3 atom stereocenters. The maximum atomic E-state index is 13.3. The molecule has 5 amide bonds. The predicted molar refractivity (Wildman–Crippen MR) is 147 cm³/mol. The molecule has 0 aromatic heterocycles. The SMILES string of the molecule is CC(C)NC(=O)N(C)C[C@H]1Oc2ccc(NC(=O)Nc3ccccc3)cc2CC(=O)N([C@@H](C)CO)C[C@@H]1C. The summed E-state index contributed by atoms with van der Waals surface area (Å²) in [5.41, 5.74) is 1.77. The van der Waals surface area contributed by atoms with E-state index in [-0.39, 0.29) is 43.0 Å². The lowest BCUT2D eigenvalue weighted by Crippen LogP contribution is -2.49. The first-order valence-electron chi connectivity index (χ1n) is 12.9. The van der Waals surface area contributed by atoms with Crippen molar-refractivity contribution in [2.24, 2.45) is 5.92 Å². The highest BCUT2D eigenvalue weighted by atomic mass is 16.5. The molecule has 2 aromatic rings. The molecule has 0 saturated heterocycles. The van der Waals surface area contributed by atoms with Crippen LogP contribution in [0.15, 0.2) is 48.5 Å². The second-order valence-corrected chi connectivity index (χ2v) is 10.1. The molecule has 4 N–H and O–H groups in total. The number of fused-ring (bicyclic) bond motifs is 1. The van der Waals surface area contributed by atoms with Crippen LogP contribution in [-0.2, 0) is 11.2 Å². The molecule has 0 saturated carbocycles. The van der Waals surface area contributed by atoms with Gasteiger partial charge in [-0.25, -0.2) is 9.59 Å². The first-order chi connectivity index (χ1) is 18.1. The van der Waals surface area contributed by atoms with Gasteiger partial charge in [0.2, 0.25) is 5.91 Å². The van der Waals surface area contributed by atoms with E-state index in [9.17, 15) is 19.5 Å². The second-order valence-electron chi connectivity index (χ2n) is 10.1. The monoisotopic (exact) mass is 525 g/mol. The lowest BCUT2D eigenvalue weighted by Gasteiger charge is -2.34. The standard InChI is InChI=1S/C28H39N5O5/c1-18(2)29-28(37)32(5)16-25-19(3)15-33(20(4)17-34)26(35)14-21-13-23(11-12-24(21)38-25)31-27(36)30-22-9-7-6-8-10-22/h6-13,18-20,25,34H,14-17H2,1-5H3,(H,29,37)(H2,30,31,36)/t19-,20-,25+/m0/s1. The van der Waals surface area contributed by atoms with Gasteiger partial charge < -0.3 is 35.6 Å². The zero-order valence-electron chi connectivity index (χ0n) is 22.7. The molecular weight excluding hydrogens is 486 g/mol. The van der Waals surface area contributed by atoms with Crippen molar-refractivity contribution < 1.29 is 24.2 Å². The molecule has 38 heavy (non-hydrogen) atoms. The number of rotatable bonds is 7. The smallest absolute Gasteiger partial charge is 0.323 e. The summed E-state index contributed by atoms with van der Waals surface area (Å²) < 4.78 is 6.43. The summed E-state index contributed by atoms with van der Waals surface area (Å²) in [4.78, 5) is 41.7. The molecule has 0 aliphatic carbocycles. The quantitative estimate of drug-likeness (QED) is 0.440. The number of aliphatic hydroxyl groups excluding tert-OH is 1. The highest BCUT2D eigenvalue weighted by Crippen LogP contribution is 2.29. The van der Waals surface area contributed by atoms with Crippen LogP contribution in [0, 0.1) is 5.92 Å². The zero-order valence-corrected chi connectivity index (χ0v) is 22.7. The van der Waals surface area contributed by atoms with Gasteiger partial charge in [-0.2, -0.15) is 0 Å². The first-order valence-corrected chi connectivity index (χ1v) is 12.9. The van der Waals surface area contributed by atoms with Gasteiger partial charge in [0.25, 0.3) is 0 Å². The summed E-state index contributed by atoms with van der Waals surface area (Å²) in [6, 6.07) is 13.3. The van der Waals surface area contributed by atoms with E-state index in [2.05, 4.69) is 16.0 Å². The number of anilines is 2. The maximum absolute atomic E-state index is 13.3. The van der Waals surface area contributed by atoms with Crippen LogP contribution in [0.1, 0.15) is 33.3 Å². The van der Waals surface area contributed by atoms with Gasteiger partial charge in [-0.1, -0.05) is 25.1 Å². The van der Waals surface area contributed by atoms with Crippen LogP contribution >= 0.6 is 0 Å². The van der Waals surface area contributed by atoms with Crippen molar-refractivity contribution in [3.05, 3.63) is 54.1 Å². The summed E-state index contributed by atoms with van der Waals surface area (Å²) >= 11 is 0. The summed E-state index contributed by atoms with van der Waals surface area (Å²) in [7, 11) is 1.71. The van der Waals surface area contributed by atoms with Gasteiger partial charge >= 0.3 is 12.1 Å². The van der Waals surface area contributed by atoms with Crippen LogP contribution < -0.4 is 20.7 Å². The lowest BCUT2D eigenvalue weighted by atomic mass is 10.0. The maximum Gasteiger partial charge on any atom is 0.323 e. The molecule has 0 unspecified atom stereocenters. The lowest BCUT2D eigenvalue weighted by molar-refractivity contribution is -0.134. The number of para-hydroxylation sites is 1. The fourth-order valence-corrected chi connectivity index (χ4v) is 4.25. The van der Waals surface area contributed by atoms with Crippen molar-refractivity contribution in [1.82, 2.24) is 15.1 Å². The number of carbonyl (C=O) groups excluding carboxylic acids is 3. The minimum absolute atomic E-state index is 0.00641. The minimum Gasteiger partial charge on any atom is -0.488 e. The Bertz CT molecular complexity index is 1110. The van der Waals surface area contributed by atoms with Crippen molar-refractivity contribution >= 4 is 29.3 Å². The number of amides is 5. The van der Waals surface area contributed by atoms with E-state index in [4.69, 9.17) is 4.74 Å². The van der Waals surface area contributed by atoms with Crippen molar-refractivity contribution in [2.75, 3.05) is 37.4 Å². The molecule has 1 aliphatic heterocycles. The molecule has 206 valence electrons. The third-order valence-electron chi connectivity index (χ3n) is 6.42. The highest BCUT2D eigenvalue weighted by Gasteiger charge is 2.32. The predicted octanol–water partition coefficient (Wildman–Crippen LogP) is 3.53. The summed E-state index contributed by atoms with van der Waals surface area (Å²) in [5, 5.41) is 18.3. The molecule has 10 heteroatoms. The van der Waals surface area contributed by atoms with Crippen molar-refractivity contribution in [3.8, 4) is 5.75 Å². The van der Waals surface area contributed by atoms with E-state index >= 15 is 0 Å². The van der Waals surface area contributed by atoms with Crippen molar-refractivity contribution in [3.63, 3.8) is 0 Å². The van der Waals surface area contributed by atoms with Gasteiger partial charge in [-0.3, -0.25) is 4.79 Å². The molecule has 0 bridgehead atoms. The number of benzene rings is 2. The van der Waals surface area contributed by atoms with E-state index < -0.39 is 12.1 Å². The zero-order chi connectivity index (χ0) is 27.8. The van der Waals surface area contributed by atoms with E-state index in [0.717, 1.165) is 0 Å². The Balaban J connectivity index is 1.87. The topological polar surface area (TPSA) is 123 Å². The van der Waals surface area contributed by atoms with Crippen molar-refractivity contribution in [2.45, 2.75) is 52.3 Å². The Morgan fingerprint density at radius 2 is 1.79 bits per heavy atom. The normalized spacial score (nSPS) is 18.3. The van der Waals surface area contributed by atoms with Crippen LogP contribution in [0.2, 0.25) is 0 Å². The van der Waals surface area contributed by atoms with E-state index in [1.807, 2.05) is 39.0 Å². The van der Waals surface area contributed by atoms with Crippen LogP contribution in [-0.4, -0.2) is 77.8 Å². The fraction of sp³-hybridized carbons (Fsp3) is 0.464. The Morgan fingerprint density at radius 3 is 2.45 bits per heavy atom. The molecule has 3 rings (SSSR count). The molecule has 0 radical (unpaired) electrons. The Kier molecular flexibility index (Phi) is 9.95. The number of nitrogens with zero attached hydrogens (tertiary/aromatic N) is 2. The summed E-state index contributed by atoms with van der Waals surface area (Å²) in [5.74, 6) is 0.226. The molecule has 0 fully saturated rings. The number of hydrogen-bond acceptors (Lipinski definition) is 5. The average molecular weight is 526 g/mol. The number of aliphatic hydroxyl groups is 1. The summed E-state index contributed by atoms with van der Waals surface area (Å²) in [6.45, 7) is 8.05. The van der Waals surface area contributed by atoms with Crippen molar-refractivity contribution in [1.29, 1.82) is 0 Å². The van der Waals surface area contributed by atoms with Gasteiger partial charge in [0.05, 0.1) is 25.6 Å². The number of carbonyl (C=O) groups is 3. The average Bonchev–Trinajstić information content (AvgIpc) is 2.91. The number of nitrogens with one attached hydrogen (secondary N) is 3. The van der Waals surface area contributed by atoms with Gasteiger partial charge in [0.15, 0.2) is 0 Å². The largest absolute Gasteiger partial charge is 0.488 e. The molecule has 1 aliphatic rings. The third-order valence-corrected chi connectivity index (χ3v) is 6.42. The fourth-order valence-electron chi connectivity index (χ4n) is 4.25. The molecular formula is C28H39N5O5. The van der Waals surface area contributed by atoms with Crippen LogP contribution in [0.3, 0.4) is 0 Å². The number of urea groups is 2. The Labute approximate surface area is 224 Å². The highest BCUT2D eigenvalue weighted by molar-refractivity contribution is 5.99. The minimum atomic E-state index is -0.420. The number of likely N-dealkylation sites (N-methyl/N-ethyl adjacent to an activating group) is 1. The van der Waals surface area contributed by atoms with Crippen LogP contribution in [0.25, 0.3) is 0 Å². The van der Waals surface area contributed by atoms with E-state index in [1.54, 1.807) is 54.1 Å². The summed E-state index contributed by atoms with van der Waals surface area (Å²) in [6.07, 6.45) is -0.380. The van der Waals surface area contributed by atoms with Gasteiger partial charge in [-0.15, -0.1) is 0 Å². The van der Waals surface area contributed by atoms with Crippen LogP contribution in [0.4, 0.5) is 21.0 Å². The Morgan fingerprint density at radius 1 is 1.11 bits per heavy atom. The molecule has 1 heterocycles. The van der Waals surface area contributed by atoms with Gasteiger partial charge in [0, 0.05) is 42.5 Å². The Hall–Kier alpha value is -3.79. The van der Waals surface area contributed by atoms with E-state index in [0.29, 0.717) is 35.8 Å². The van der Waals surface area contributed by atoms with Gasteiger partial charge in [-0.05, 0) is 51.1 Å². The van der Waals surface area contributed by atoms with Crippen LogP contribution in [0.5, 0.6) is 5.75 Å². The number of hydrogen-bond donors (Lipinski definition) is 4. The van der Waals surface area contributed by atoms with E-state index in [1.165, 1.54) is 0 Å². The molecule has 0 spiro atoms. The third kappa shape index (κ3) is 7.85. The molecule has 10 nitrogen and oxygen atoms in total. The van der Waals surface area contributed by atoms with Gasteiger partial charge in [0.1, 0.15) is 11.9 Å².